The van der Waals surface area contributed by atoms with Gasteiger partial charge in [-0.1, -0.05) is 54.6 Å². The first-order valence-corrected chi connectivity index (χ1v) is 16.3. The van der Waals surface area contributed by atoms with Gasteiger partial charge in [0.2, 0.25) is 0 Å². The minimum Gasteiger partial charge on any atom is -0.497 e. The smallest absolute Gasteiger partial charge is 0.363 e. The van der Waals surface area contributed by atoms with Crippen LogP contribution in [0.25, 0.3) is 0 Å². The number of rotatable bonds is 11. The zero-order valence-electron chi connectivity index (χ0n) is 24.2. The summed E-state index contributed by atoms with van der Waals surface area (Å²) >= 11 is 4.48. The first-order chi connectivity index (χ1) is 21.0. The standard InChI is InChI=1S/C31H32FN2O8PS/c1-20-18-34(30(36)33-29(20)35)28-17-26(27(41-28)19-40-43(32,37)44)42-31(21-7-5-4-6-8-21,22-9-13-24(38-2)14-10-22)23-11-15-25(39-3)16-12-23/h4-16,18,26-28H,17,19H2,1-3H3,(H,37,44)(H,33,35,36)/t26-,27+,28+,43?/m0/s1. The van der Waals surface area contributed by atoms with Crippen LogP contribution in [0.5, 0.6) is 11.5 Å². The third-order valence-corrected chi connectivity index (χ3v) is 8.32. The summed E-state index contributed by atoms with van der Waals surface area (Å²) in [5, 5.41) is 0. The highest BCUT2D eigenvalue weighted by atomic mass is 32.5. The molecule has 4 atom stereocenters. The molecule has 2 heterocycles. The van der Waals surface area contributed by atoms with Gasteiger partial charge in [-0.15, -0.1) is 0 Å². The van der Waals surface area contributed by atoms with Crippen molar-refractivity contribution in [2.75, 3.05) is 20.8 Å². The van der Waals surface area contributed by atoms with Crippen molar-refractivity contribution in [2.45, 2.75) is 37.4 Å². The van der Waals surface area contributed by atoms with E-state index in [1.54, 1.807) is 21.1 Å². The number of ether oxygens (including phenoxy) is 4. The molecule has 0 saturated carbocycles. The second-order valence-corrected chi connectivity index (χ2v) is 12.8. The van der Waals surface area contributed by atoms with Gasteiger partial charge in [-0.05, 0) is 59.7 Å². The normalized spacial score (nSPS) is 19.8. The van der Waals surface area contributed by atoms with Crippen LogP contribution in [-0.4, -0.2) is 47.5 Å². The highest BCUT2D eigenvalue weighted by Crippen LogP contribution is 2.48. The van der Waals surface area contributed by atoms with Gasteiger partial charge < -0.3 is 28.4 Å². The van der Waals surface area contributed by atoms with E-state index in [2.05, 4.69) is 16.8 Å². The number of hydrogen-bond donors (Lipinski definition) is 2. The van der Waals surface area contributed by atoms with Crippen LogP contribution in [-0.2, 0) is 31.4 Å². The average molecular weight is 643 g/mol. The van der Waals surface area contributed by atoms with E-state index in [0.717, 1.165) is 16.7 Å². The van der Waals surface area contributed by atoms with Crippen LogP contribution < -0.4 is 20.7 Å². The van der Waals surface area contributed by atoms with Gasteiger partial charge in [0.15, 0.2) is 0 Å². The SMILES string of the molecule is COc1ccc(C(O[C@H]2C[C@H](n3cc(C)c(=O)[nH]c3=O)O[C@@H]2COP(O)(F)=S)(c2ccccc2)c2ccc(OC)cc2)cc1. The third-order valence-electron chi connectivity index (χ3n) is 7.54. The van der Waals surface area contributed by atoms with Gasteiger partial charge in [0.05, 0.1) is 26.9 Å². The molecule has 44 heavy (non-hydrogen) atoms. The number of H-pyrrole nitrogens is 1. The Hall–Kier alpha value is -3.64. The van der Waals surface area contributed by atoms with E-state index in [0.29, 0.717) is 17.1 Å². The molecule has 0 bridgehead atoms. The van der Waals surface area contributed by atoms with Crippen molar-refractivity contribution in [2.24, 2.45) is 0 Å². The number of halogens is 1. The molecule has 4 aromatic rings. The predicted octanol–water partition coefficient (Wildman–Crippen LogP) is 4.73. The molecule has 232 valence electrons. The van der Waals surface area contributed by atoms with Crippen LogP contribution in [0.2, 0.25) is 0 Å². The van der Waals surface area contributed by atoms with Crippen LogP contribution in [0.15, 0.2) is 94.6 Å². The summed E-state index contributed by atoms with van der Waals surface area (Å²) in [5.41, 5.74) is 0.103. The van der Waals surface area contributed by atoms with E-state index in [1.807, 2.05) is 78.9 Å². The quantitative estimate of drug-likeness (QED) is 0.177. The summed E-state index contributed by atoms with van der Waals surface area (Å²) in [6.07, 6.45) is -1.20. The second kappa shape index (κ2) is 13.2. The molecule has 0 spiro atoms. The zero-order valence-corrected chi connectivity index (χ0v) is 25.9. The summed E-state index contributed by atoms with van der Waals surface area (Å²) < 4.78 is 44.5. The largest absolute Gasteiger partial charge is 0.497 e. The summed E-state index contributed by atoms with van der Waals surface area (Å²) in [4.78, 5) is 36.8. The molecule has 10 nitrogen and oxygen atoms in total. The van der Waals surface area contributed by atoms with E-state index in [1.165, 1.54) is 10.8 Å². The Labute approximate surface area is 258 Å². The fourth-order valence-electron chi connectivity index (χ4n) is 5.37. The molecule has 1 aliphatic heterocycles. The first-order valence-electron chi connectivity index (χ1n) is 13.7. The fourth-order valence-corrected chi connectivity index (χ4v) is 5.88. The molecular formula is C31H32FN2O8PS. The zero-order chi connectivity index (χ0) is 31.5. The highest BCUT2D eigenvalue weighted by Gasteiger charge is 2.46. The lowest BCUT2D eigenvalue weighted by Gasteiger charge is -2.39. The molecule has 0 aliphatic carbocycles. The van der Waals surface area contributed by atoms with Crippen molar-refractivity contribution in [3.63, 3.8) is 0 Å². The Morgan fingerprint density at radius 1 is 0.977 bits per heavy atom. The molecule has 1 saturated heterocycles. The highest BCUT2D eigenvalue weighted by molar-refractivity contribution is 8.06. The minimum atomic E-state index is -4.55. The van der Waals surface area contributed by atoms with Crippen LogP contribution >= 0.6 is 6.80 Å². The average Bonchev–Trinajstić information content (AvgIpc) is 3.43. The minimum absolute atomic E-state index is 0.112. The summed E-state index contributed by atoms with van der Waals surface area (Å²) in [6, 6.07) is 24.4. The molecule has 0 radical (unpaired) electrons. The molecule has 1 unspecified atom stereocenters. The van der Waals surface area contributed by atoms with Gasteiger partial charge in [0, 0.05) is 18.2 Å². The summed E-state index contributed by atoms with van der Waals surface area (Å²) in [6.45, 7) is -3.43. The van der Waals surface area contributed by atoms with Crippen LogP contribution in [0, 0.1) is 6.92 Å². The van der Waals surface area contributed by atoms with Gasteiger partial charge in [0.25, 0.3) is 5.56 Å². The Morgan fingerprint density at radius 2 is 1.52 bits per heavy atom. The number of benzene rings is 3. The van der Waals surface area contributed by atoms with Crippen LogP contribution in [0.1, 0.15) is 34.9 Å². The maximum Gasteiger partial charge on any atom is 0.363 e. The van der Waals surface area contributed by atoms with E-state index >= 15 is 0 Å². The Morgan fingerprint density at radius 3 is 2.05 bits per heavy atom. The molecular weight excluding hydrogens is 610 g/mol. The molecule has 3 aromatic carbocycles. The maximum absolute atomic E-state index is 14.1. The molecule has 13 heteroatoms. The molecule has 5 rings (SSSR count). The number of nitrogens with zero attached hydrogens (tertiary/aromatic N) is 1. The first kappa shape index (κ1) is 31.8. The predicted molar refractivity (Wildman–Crippen MR) is 165 cm³/mol. The number of hydrogen-bond acceptors (Lipinski definition) is 8. The van der Waals surface area contributed by atoms with E-state index in [9.17, 15) is 18.7 Å². The summed E-state index contributed by atoms with van der Waals surface area (Å²) in [7, 11) is 3.16. The molecule has 0 amide bonds. The number of aryl methyl sites for hydroxylation is 1. The van der Waals surface area contributed by atoms with Crippen molar-refractivity contribution in [3.8, 4) is 11.5 Å². The van der Waals surface area contributed by atoms with E-state index < -0.39 is 48.7 Å². The lowest BCUT2D eigenvalue weighted by atomic mass is 9.79. The number of methoxy groups -OCH3 is 2. The van der Waals surface area contributed by atoms with E-state index in [4.69, 9.17) is 23.5 Å². The Kier molecular flexibility index (Phi) is 9.50. The fraction of sp³-hybridized carbons (Fsp3) is 0.290. The Balaban J connectivity index is 1.67. The second-order valence-electron chi connectivity index (χ2n) is 10.3. The molecule has 1 aromatic heterocycles. The summed E-state index contributed by atoms with van der Waals surface area (Å²) in [5.74, 6) is 1.29. The van der Waals surface area contributed by atoms with Crippen molar-refractivity contribution in [3.05, 3.63) is 128 Å². The van der Waals surface area contributed by atoms with Gasteiger partial charge >= 0.3 is 12.5 Å². The van der Waals surface area contributed by atoms with Crippen LogP contribution in [0.3, 0.4) is 0 Å². The topological polar surface area (TPSA) is 121 Å². The Bertz CT molecular complexity index is 1690. The van der Waals surface area contributed by atoms with Gasteiger partial charge in [0.1, 0.15) is 29.4 Å². The lowest BCUT2D eigenvalue weighted by molar-refractivity contribution is -0.0969. The molecule has 1 aliphatic rings. The van der Waals surface area contributed by atoms with Gasteiger partial charge in [-0.3, -0.25) is 14.3 Å². The van der Waals surface area contributed by atoms with Crippen molar-refractivity contribution in [1.82, 2.24) is 9.55 Å². The lowest BCUT2D eigenvalue weighted by Crippen LogP contribution is -2.41. The van der Waals surface area contributed by atoms with Crippen molar-refractivity contribution in [1.29, 1.82) is 0 Å². The van der Waals surface area contributed by atoms with E-state index in [-0.39, 0.29) is 6.42 Å². The van der Waals surface area contributed by atoms with Gasteiger partial charge in [-0.25, -0.2) is 4.79 Å². The monoisotopic (exact) mass is 642 g/mol. The van der Waals surface area contributed by atoms with Crippen molar-refractivity contribution >= 4 is 18.6 Å². The number of nitrogens with one attached hydrogen (secondary N) is 1. The van der Waals surface area contributed by atoms with Gasteiger partial charge in [-0.2, -0.15) is 4.20 Å². The van der Waals surface area contributed by atoms with Crippen LogP contribution in [0.4, 0.5) is 4.20 Å². The van der Waals surface area contributed by atoms with Crippen molar-refractivity contribution < 1.29 is 32.6 Å². The third kappa shape index (κ3) is 6.71. The maximum atomic E-state index is 14.1. The number of aromatic nitrogens is 2. The number of aromatic amines is 1. The molecule has 1 fully saturated rings. The molecule has 2 N–H and O–H groups in total.